The van der Waals surface area contributed by atoms with Gasteiger partial charge in [0.2, 0.25) is 0 Å². The lowest BCUT2D eigenvalue weighted by Crippen LogP contribution is -2.48. The summed E-state index contributed by atoms with van der Waals surface area (Å²) in [6.07, 6.45) is -6.75. The highest BCUT2D eigenvalue weighted by Crippen LogP contribution is 2.24. The van der Waals surface area contributed by atoms with E-state index in [-0.39, 0.29) is 6.54 Å². The first-order valence-corrected chi connectivity index (χ1v) is 7.07. The number of alkyl halides is 3. The maximum Gasteiger partial charge on any atom is 0.391 e. The number of β-amino-alcohol motifs (C(OH)–C–C–N with tert-alkyl or cyclic N) is 1. The lowest BCUT2D eigenvalue weighted by atomic mass is 10.2. The number of halogens is 3. The van der Waals surface area contributed by atoms with Crippen LogP contribution in [0.15, 0.2) is 17.5 Å². The van der Waals surface area contributed by atoms with E-state index in [1.165, 1.54) is 5.00 Å². The highest BCUT2D eigenvalue weighted by molar-refractivity contribution is 7.14. The minimum Gasteiger partial charge on any atom is -0.391 e. The average Bonchev–Trinajstić information content (AvgIpc) is 2.80. The van der Waals surface area contributed by atoms with E-state index in [1.807, 2.05) is 22.4 Å². The number of aliphatic hydroxyl groups excluding tert-OH is 1. The summed E-state index contributed by atoms with van der Waals surface area (Å²) < 4.78 is 36.4. The van der Waals surface area contributed by atoms with Crippen LogP contribution in [0.5, 0.6) is 0 Å². The Hall–Kier alpha value is -0.790. The van der Waals surface area contributed by atoms with Crippen molar-refractivity contribution >= 4 is 16.3 Å². The second kappa shape index (κ2) is 6.11. The minimum atomic E-state index is -4.29. The molecule has 0 spiro atoms. The van der Waals surface area contributed by atoms with Gasteiger partial charge in [0.15, 0.2) is 0 Å². The van der Waals surface area contributed by atoms with Crippen molar-refractivity contribution in [3.05, 3.63) is 17.5 Å². The number of piperazine rings is 1. The molecule has 1 saturated heterocycles. The van der Waals surface area contributed by atoms with Gasteiger partial charge in [0.1, 0.15) is 0 Å². The molecule has 2 rings (SSSR count). The third-order valence-corrected chi connectivity index (χ3v) is 4.06. The number of aliphatic hydroxyl groups is 1. The Kier molecular flexibility index (Phi) is 4.70. The number of anilines is 1. The third kappa shape index (κ3) is 4.67. The van der Waals surface area contributed by atoms with Crippen LogP contribution < -0.4 is 4.90 Å². The molecule has 1 N–H and O–H groups in total. The van der Waals surface area contributed by atoms with Gasteiger partial charge in [0.25, 0.3) is 0 Å². The van der Waals surface area contributed by atoms with Crippen molar-refractivity contribution in [3.63, 3.8) is 0 Å². The fraction of sp³-hybridized carbons (Fsp3) is 0.667. The van der Waals surface area contributed by atoms with E-state index < -0.39 is 18.7 Å². The third-order valence-electron chi connectivity index (χ3n) is 3.13. The lowest BCUT2D eigenvalue weighted by Gasteiger charge is -2.36. The van der Waals surface area contributed by atoms with Crippen molar-refractivity contribution < 1.29 is 18.3 Å². The number of thiophene rings is 1. The molecule has 19 heavy (non-hydrogen) atoms. The van der Waals surface area contributed by atoms with Crippen LogP contribution in [0.1, 0.15) is 6.42 Å². The molecule has 0 bridgehead atoms. The molecule has 1 atom stereocenters. The summed E-state index contributed by atoms with van der Waals surface area (Å²) >= 11 is 1.66. The molecule has 1 aromatic rings. The Morgan fingerprint density at radius 1 is 1.26 bits per heavy atom. The number of rotatable bonds is 4. The van der Waals surface area contributed by atoms with Gasteiger partial charge in [-0.05, 0) is 17.5 Å². The van der Waals surface area contributed by atoms with Gasteiger partial charge >= 0.3 is 6.18 Å². The second-order valence-electron chi connectivity index (χ2n) is 4.71. The average molecular weight is 294 g/mol. The number of nitrogens with zero attached hydrogens (tertiary/aromatic N) is 2. The normalized spacial score (nSPS) is 19.7. The molecule has 1 aromatic heterocycles. The fourth-order valence-corrected chi connectivity index (χ4v) is 3.02. The van der Waals surface area contributed by atoms with Crippen LogP contribution in [0.3, 0.4) is 0 Å². The molecule has 0 radical (unpaired) electrons. The zero-order chi connectivity index (χ0) is 13.9. The summed E-state index contributed by atoms with van der Waals surface area (Å²) in [4.78, 5) is 4.11. The number of hydrogen-bond acceptors (Lipinski definition) is 4. The molecule has 108 valence electrons. The van der Waals surface area contributed by atoms with Crippen molar-refractivity contribution in [3.8, 4) is 0 Å². The molecule has 0 aliphatic carbocycles. The molecule has 1 aliphatic heterocycles. The largest absolute Gasteiger partial charge is 0.391 e. The van der Waals surface area contributed by atoms with E-state index in [2.05, 4.69) is 4.90 Å². The molecule has 2 heterocycles. The maximum absolute atomic E-state index is 12.1. The minimum absolute atomic E-state index is 0.0950. The Morgan fingerprint density at radius 2 is 1.95 bits per heavy atom. The lowest BCUT2D eigenvalue weighted by molar-refractivity contribution is -0.155. The van der Waals surface area contributed by atoms with Crippen molar-refractivity contribution in [1.29, 1.82) is 0 Å². The Bertz CT molecular complexity index is 375. The number of hydrogen-bond donors (Lipinski definition) is 1. The summed E-state index contributed by atoms with van der Waals surface area (Å²) in [5, 5.41) is 12.6. The SMILES string of the molecule is O[C@H](CN1CCN(c2cccs2)CC1)CC(F)(F)F. The van der Waals surface area contributed by atoms with Crippen LogP contribution >= 0.6 is 11.3 Å². The summed E-state index contributed by atoms with van der Waals surface area (Å²) in [7, 11) is 0. The molecular formula is C12H17F3N2OS. The van der Waals surface area contributed by atoms with Crippen LogP contribution in [0.4, 0.5) is 18.2 Å². The van der Waals surface area contributed by atoms with Gasteiger partial charge in [-0.1, -0.05) is 0 Å². The summed E-state index contributed by atoms with van der Waals surface area (Å²) in [5.41, 5.74) is 0. The summed E-state index contributed by atoms with van der Waals surface area (Å²) in [6.45, 7) is 3.05. The smallest absolute Gasteiger partial charge is 0.391 e. The van der Waals surface area contributed by atoms with Crippen LogP contribution in [-0.2, 0) is 0 Å². The highest BCUT2D eigenvalue weighted by atomic mass is 32.1. The molecule has 0 saturated carbocycles. The second-order valence-corrected chi connectivity index (χ2v) is 5.64. The standard InChI is InChI=1S/C12H17F3N2OS/c13-12(14,15)8-10(18)9-16-3-5-17(6-4-16)11-2-1-7-19-11/h1-2,7,10,18H,3-6,8-9H2/t10-/m0/s1. The van der Waals surface area contributed by atoms with Gasteiger partial charge in [0, 0.05) is 32.7 Å². The predicted molar refractivity (Wildman–Crippen MR) is 69.7 cm³/mol. The Labute approximate surface area is 114 Å². The summed E-state index contributed by atoms with van der Waals surface area (Å²) in [5.74, 6) is 0. The first kappa shape index (κ1) is 14.6. The zero-order valence-corrected chi connectivity index (χ0v) is 11.3. The van der Waals surface area contributed by atoms with E-state index in [1.54, 1.807) is 11.3 Å². The van der Waals surface area contributed by atoms with Gasteiger partial charge < -0.3 is 10.0 Å². The van der Waals surface area contributed by atoms with Gasteiger partial charge in [-0.15, -0.1) is 11.3 Å². The molecule has 1 aliphatic rings. The molecule has 3 nitrogen and oxygen atoms in total. The summed E-state index contributed by atoms with van der Waals surface area (Å²) in [6, 6.07) is 4.03. The van der Waals surface area contributed by atoms with E-state index in [0.29, 0.717) is 13.1 Å². The van der Waals surface area contributed by atoms with Crippen molar-refractivity contribution in [2.45, 2.75) is 18.7 Å². The maximum atomic E-state index is 12.1. The first-order chi connectivity index (χ1) is 8.94. The fourth-order valence-electron chi connectivity index (χ4n) is 2.23. The van der Waals surface area contributed by atoms with Gasteiger partial charge in [0.05, 0.1) is 17.5 Å². The van der Waals surface area contributed by atoms with Crippen molar-refractivity contribution in [2.24, 2.45) is 0 Å². The van der Waals surface area contributed by atoms with Crippen LogP contribution in [0, 0.1) is 0 Å². The molecule has 0 amide bonds. The van der Waals surface area contributed by atoms with E-state index >= 15 is 0 Å². The molecule has 0 unspecified atom stereocenters. The topological polar surface area (TPSA) is 26.7 Å². The van der Waals surface area contributed by atoms with Gasteiger partial charge in [-0.25, -0.2) is 0 Å². The van der Waals surface area contributed by atoms with Crippen LogP contribution in [0.2, 0.25) is 0 Å². The molecular weight excluding hydrogens is 277 g/mol. The van der Waals surface area contributed by atoms with E-state index in [0.717, 1.165) is 13.1 Å². The van der Waals surface area contributed by atoms with Crippen molar-refractivity contribution in [1.82, 2.24) is 4.90 Å². The Morgan fingerprint density at radius 3 is 2.47 bits per heavy atom. The molecule has 7 heteroatoms. The molecule has 0 aromatic carbocycles. The van der Waals surface area contributed by atoms with E-state index in [4.69, 9.17) is 0 Å². The predicted octanol–water partition coefficient (Wildman–Crippen LogP) is 2.18. The van der Waals surface area contributed by atoms with Crippen LogP contribution in [0.25, 0.3) is 0 Å². The monoisotopic (exact) mass is 294 g/mol. The van der Waals surface area contributed by atoms with E-state index in [9.17, 15) is 18.3 Å². The first-order valence-electron chi connectivity index (χ1n) is 6.20. The quantitative estimate of drug-likeness (QED) is 0.922. The van der Waals surface area contributed by atoms with Crippen molar-refractivity contribution in [2.75, 3.05) is 37.6 Å². The van der Waals surface area contributed by atoms with Crippen LogP contribution in [-0.4, -0.2) is 55.0 Å². The zero-order valence-electron chi connectivity index (χ0n) is 10.4. The Balaban J connectivity index is 1.74. The molecule has 1 fully saturated rings. The highest BCUT2D eigenvalue weighted by Gasteiger charge is 2.32. The van der Waals surface area contributed by atoms with Gasteiger partial charge in [-0.3, -0.25) is 4.90 Å². The van der Waals surface area contributed by atoms with Gasteiger partial charge in [-0.2, -0.15) is 13.2 Å².